The van der Waals surface area contributed by atoms with E-state index in [1.807, 2.05) is 17.6 Å². The summed E-state index contributed by atoms with van der Waals surface area (Å²) in [5, 5.41) is 5.14. The van der Waals surface area contributed by atoms with E-state index >= 15 is 0 Å². The molecule has 1 heterocycles. The average Bonchev–Trinajstić information content (AvgIpc) is 3.08. The Morgan fingerprint density at radius 2 is 2.28 bits per heavy atom. The highest BCUT2D eigenvalue weighted by Crippen LogP contribution is 2.24. The first-order valence-corrected chi connectivity index (χ1v) is 9.75. The molecule has 1 saturated carbocycles. The van der Waals surface area contributed by atoms with Gasteiger partial charge in [0.15, 0.2) is 0 Å². The van der Waals surface area contributed by atoms with Gasteiger partial charge in [0.1, 0.15) is 0 Å². The van der Waals surface area contributed by atoms with E-state index in [-0.39, 0.29) is 17.9 Å². The summed E-state index contributed by atoms with van der Waals surface area (Å²) >= 11 is 1.62. The van der Waals surface area contributed by atoms with Crippen LogP contribution in [0.5, 0.6) is 0 Å². The summed E-state index contributed by atoms with van der Waals surface area (Å²) in [6.45, 7) is 1.63. The quantitative estimate of drug-likeness (QED) is 0.832. The third kappa shape index (κ3) is 5.36. The van der Waals surface area contributed by atoms with Crippen LogP contribution in [0.2, 0.25) is 0 Å². The second kappa shape index (κ2) is 8.56. The van der Waals surface area contributed by atoms with Gasteiger partial charge in [-0.15, -0.1) is 11.3 Å². The van der Waals surface area contributed by atoms with E-state index in [0.29, 0.717) is 0 Å². The molecule has 3 rings (SSSR count). The second-order valence-electron chi connectivity index (χ2n) is 6.97. The van der Waals surface area contributed by atoms with Gasteiger partial charge in [-0.2, -0.15) is 0 Å². The molecule has 0 bridgehead atoms. The first-order chi connectivity index (χ1) is 12.1. The molecule has 2 atom stereocenters. The molecule has 1 amide bonds. The van der Waals surface area contributed by atoms with Crippen molar-refractivity contribution in [1.29, 1.82) is 0 Å². The summed E-state index contributed by atoms with van der Waals surface area (Å²) < 4.78 is 0. The van der Waals surface area contributed by atoms with Crippen molar-refractivity contribution < 1.29 is 4.79 Å². The Kier molecular flexibility index (Phi) is 6.18. The van der Waals surface area contributed by atoms with Crippen LogP contribution in [0.25, 0.3) is 0 Å². The number of carbonyl (C=O) groups is 1. The zero-order valence-electron chi connectivity index (χ0n) is 14.6. The fourth-order valence-electron chi connectivity index (χ4n) is 3.42. The minimum Gasteiger partial charge on any atom is -0.328 e. The summed E-state index contributed by atoms with van der Waals surface area (Å²) in [6, 6.07) is 8.25. The van der Waals surface area contributed by atoms with Crippen LogP contribution in [0.1, 0.15) is 36.9 Å². The predicted molar refractivity (Wildman–Crippen MR) is 102 cm³/mol. The first kappa shape index (κ1) is 18.0. The summed E-state index contributed by atoms with van der Waals surface area (Å²) in [6.07, 6.45) is 3.81. The maximum atomic E-state index is 12.5. The number of hydrogen-bond acceptors (Lipinski definition) is 5. The van der Waals surface area contributed by atoms with Crippen LogP contribution < -0.4 is 11.1 Å². The van der Waals surface area contributed by atoms with Crippen LogP contribution in [0.3, 0.4) is 0 Å². The number of nitrogens with zero attached hydrogens (tertiary/aromatic N) is 2. The molecule has 1 aliphatic carbocycles. The molecule has 1 fully saturated rings. The Bertz CT molecular complexity index is 688. The standard InChI is InChI=1S/C19H26N4OS/c1-23(11-18-12-25-13-21-18)10-14-4-2-7-17(8-14)22-19(24)15-5-3-6-16(20)9-15/h2,4,7-8,12-13,15-16H,3,5-6,9-11,20H2,1H3,(H,22,24). The van der Waals surface area contributed by atoms with Crippen molar-refractivity contribution in [1.82, 2.24) is 9.88 Å². The number of amides is 1. The normalized spacial score (nSPS) is 20.6. The Morgan fingerprint density at radius 1 is 1.40 bits per heavy atom. The van der Waals surface area contributed by atoms with Crippen molar-refractivity contribution >= 4 is 22.9 Å². The van der Waals surface area contributed by atoms with Crippen molar-refractivity contribution in [2.24, 2.45) is 11.7 Å². The summed E-state index contributed by atoms with van der Waals surface area (Å²) in [5.41, 5.74) is 11.0. The summed E-state index contributed by atoms with van der Waals surface area (Å²) in [7, 11) is 2.08. The first-order valence-electron chi connectivity index (χ1n) is 8.81. The molecule has 0 spiro atoms. The van der Waals surface area contributed by atoms with Gasteiger partial charge in [-0.1, -0.05) is 18.6 Å². The van der Waals surface area contributed by atoms with E-state index < -0.39 is 0 Å². The van der Waals surface area contributed by atoms with E-state index in [9.17, 15) is 4.79 Å². The molecule has 1 aromatic heterocycles. The van der Waals surface area contributed by atoms with Crippen molar-refractivity contribution in [2.45, 2.75) is 44.8 Å². The van der Waals surface area contributed by atoms with Crippen LogP contribution in [0.15, 0.2) is 35.2 Å². The van der Waals surface area contributed by atoms with Crippen molar-refractivity contribution in [2.75, 3.05) is 12.4 Å². The van der Waals surface area contributed by atoms with Crippen LogP contribution in [0, 0.1) is 5.92 Å². The number of thiazole rings is 1. The SMILES string of the molecule is CN(Cc1cccc(NC(=O)C2CCCC(N)C2)c1)Cc1cscn1. The minimum atomic E-state index is 0.0414. The zero-order valence-corrected chi connectivity index (χ0v) is 15.5. The van der Waals surface area contributed by atoms with E-state index in [1.165, 1.54) is 5.56 Å². The van der Waals surface area contributed by atoms with E-state index in [1.54, 1.807) is 11.3 Å². The number of hydrogen-bond donors (Lipinski definition) is 2. The highest BCUT2D eigenvalue weighted by Gasteiger charge is 2.25. The van der Waals surface area contributed by atoms with Gasteiger partial charge in [-0.25, -0.2) is 4.98 Å². The zero-order chi connectivity index (χ0) is 17.6. The molecule has 0 aliphatic heterocycles. The number of nitrogens with two attached hydrogens (primary N) is 1. The van der Waals surface area contributed by atoms with Gasteiger partial charge in [-0.3, -0.25) is 9.69 Å². The van der Waals surface area contributed by atoms with Gasteiger partial charge in [0.05, 0.1) is 11.2 Å². The molecule has 0 radical (unpaired) electrons. The number of carbonyl (C=O) groups excluding carboxylic acids is 1. The average molecular weight is 359 g/mol. The number of nitrogens with one attached hydrogen (secondary N) is 1. The molecular formula is C19H26N4OS. The highest BCUT2D eigenvalue weighted by molar-refractivity contribution is 7.07. The predicted octanol–water partition coefficient (Wildman–Crippen LogP) is 3.23. The maximum absolute atomic E-state index is 12.5. The third-order valence-corrected chi connectivity index (χ3v) is 5.28. The minimum absolute atomic E-state index is 0.0414. The molecule has 1 aromatic carbocycles. The fourth-order valence-corrected chi connectivity index (χ4v) is 3.97. The highest BCUT2D eigenvalue weighted by atomic mass is 32.1. The van der Waals surface area contributed by atoms with Crippen LogP contribution in [0.4, 0.5) is 5.69 Å². The number of rotatable bonds is 6. The smallest absolute Gasteiger partial charge is 0.227 e. The van der Waals surface area contributed by atoms with E-state index in [0.717, 1.165) is 50.2 Å². The van der Waals surface area contributed by atoms with Crippen LogP contribution in [-0.4, -0.2) is 28.9 Å². The molecule has 2 unspecified atom stereocenters. The molecule has 1 aliphatic rings. The van der Waals surface area contributed by atoms with Crippen LogP contribution >= 0.6 is 11.3 Å². The van der Waals surface area contributed by atoms with Gasteiger partial charge in [0, 0.05) is 36.1 Å². The molecule has 25 heavy (non-hydrogen) atoms. The van der Waals surface area contributed by atoms with Gasteiger partial charge in [-0.05, 0) is 44.0 Å². The van der Waals surface area contributed by atoms with E-state index in [2.05, 4.69) is 39.8 Å². The lowest BCUT2D eigenvalue weighted by molar-refractivity contribution is -0.120. The van der Waals surface area contributed by atoms with Crippen LogP contribution in [-0.2, 0) is 17.9 Å². The molecule has 2 aromatic rings. The fraction of sp³-hybridized carbons (Fsp3) is 0.474. The summed E-state index contributed by atoms with van der Waals surface area (Å²) in [4.78, 5) is 19.0. The third-order valence-electron chi connectivity index (χ3n) is 4.65. The van der Waals surface area contributed by atoms with Crippen molar-refractivity contribution in [3.63, 3.8) is 0 Å². The topological polar surface area (TPSA) is 71.2 Å². The monoisotopic (exact) mass is 358 g/mol. The lowest BCUT2D eigenvalue weighted by atomic mass is 9.85. The van der Waals surface area contributed by atoms with E-state index in [4.69, 9.17) is 5.73 Å². The lowest BCUT2D eigenvalue weighted by Crippen LogP contribution is -2.34. The molecular weight excluding hydrogens is 332 g/mol. The van der Waals surface area contributed by atoms with Crippen molar-refractivity contribution in [3.8, 4) is 0 Å². The Labute approximate surface area is 153 Å². The van der Waals surface area contributed by atoms with Gasteiger partial charge >= 0.3 is 0 Å². The van der Waals surface area contributed by atoms with Gasteiger partial charge in [0.25, 0.3) is 0 Å². The number of benzene rings is 1. The largest absolute Gasteiger partial charge is 0.328 e. The van der Waals surface area contributed by atoms with Gasteiger partial charge < -0.3 is 11.1 Å². The molecule has 5 nitrogen and oxygen atoms in total. The number of anilines is 1. The molecule has 134 valence electrons. The lowest BCUT2D eigenvalue weighted by Gasteiger charge is -2.25. The second-order valence-corrected chi connectivity index (χ2v) is 7.68. The molecule has 3 N–H and O–H groups in total. The van der Waals surface area contributed by atoms with Crippen molar-refractivity contribution in [3.05, 3.63) is 46.4 Å². The molecule has 0 saturated heterocycles. The van der Waals surface area contributed by atoms with Gasteiger partial charge in [0.2, 0.25) is 5.91 Å². The number of aromatic nitrogens is 1. The summed E-state index contributed by atoms with van der Waals surface area (Å²) in [5.74, 6) is 0.142. The Morgan fingerprint density at radius 3 is 3.04 bits per heavy atom. The molecule has 6 heteroatoms. The Balaban J connectivity index is 1.56. The maximum Gasteiger partial charge on any atom is 0.227 e. The Hall–Kier alpha value is -1.76.